The van der Waals surface area contributed by atoms with Crippen LogP contribution in [0.4, 0.5) is 11.5 Å². The molecule has 1 amide bonds. The fourth-order valence-electron chi connectivity index (χ4n) is 5.89. The molecular weight excluding hydrogens is 512 g/mol. The first kappa shape index (κ1) is 23.2. The fourth-order valence-corrected chi connectivity index (χ4v) is 9.03. The highest BCUT2D eigenvalue weighted by atomic mass is 32.3. The Morgan fingerprint density at radius 3 is 2.97 bits per heavy atom. The van der Waals surface area contributed by atoms with E-state index in [9.17, 15) is 13.9 Å². The number of nitrogens with zero attached hydrogens (tertiary/aromatic N) is 4. The zero-order valence-electron chi connectivity index (χ0n) is 20.4. The van der Waals surface area contributed by atoms with Crippen LogP contribution in [0.5, 0.6) is 5.75 Å². The maximum absolute atomic E-state index is 13.3. The highest BCUT2D eigenvalue weighted by Gasteiger charge is 2.60. The molecule has 0 bridgehead atoms. The number of amides is 1. The normalized spacial score (nSPS) is 22.4. The van der Waals surface area contributed by atoms with Gasteiger partial charge in [-0.1, -0.05) is 0 Å². The molecule has 1 spiro atoms. The number of aromatic amines is 1. The number of H-pyrrole nitrogens is 1. The SMILES string of the molecule is CCOc1cc2[nH]ncc2cc1Nc1ncnc2sc3c(c12)CCC(C(=O)N1CC2(CCS2(O)O)C1)C3. The topological polar surface area (TPSA) is 136 Å². The molecule has 1 aromatic carbocycles. The van der Waals surface area contributed by atoms with Crippen LogP contribution < -0.4 is 10.1 Å². The lowest BCUT2D eigenvalue weighted by Crippen LogP contribution is -2.71. The van der Waals surface area contributed by atoms with E-state index in [1.807, 2.05) is 24.0 Å². The average molecular weight is 541 g/mol. The number of hydrogen-bond donors (Lipinski definition) is 4. The summed E-state index contributed by atoms with van der Waals surface area (Å²) in [7, 11) is -2.52. The lowest BCUT2D eigenvalue weighted by atomic mass is 9.85. The summed E-state index contributed by atoms with van der Waals surface area (Å²) in [5.41, 5.74) is 2.93. The van der Waals surface area contributed by atoms with Gasteiger partial charge in [-0.2, -0.15) is 15.7 Å². The third-order valence-corrected chi connectivity index (χ3v) is 11.9. The monoisotopic (exact) mass is 540 g/mol. The number of ether oxygens (including phenoxy) is 1. The number of carbonyl (C=O) groups excluding carboxylic acids is 1. The van der Waals surface area contributed by atoms with Gasteiger partial charge in [0.15, 0.2) is 0 Å². The van der Waals surface area contributed by atoms with E-state index in [0.29, 0.717) is 31.9 Å². The summed E-state index contributed by atoms with van der Waals surface area (Å²) in [6, 6.07) is 3.94. The van der Waals surface area contributed by atoms with E-state index in [-0.39, 0.29) is 11.8 Å². The van der Waals surface area contributed by atoms with Crippen molar-refractivity contribution in [3.05, 3.63) is 35.1 Å². The Bertz CT molecular complexity index is 1540. The Labute approximate surface area is 218 Å². The molecule has 5 heterocycles. The first-order chi connectivity index (χ1) is 17.9. The maximum Gasteiger partial charge on any atom is 0.226 e. The van der Waals surface area contributed by atoms with Crippen molar-refractivity contribution in [3.8, 4) is 5.75 Å². The lowest BCUT2D eigenvalue weighted by Gasteiger charge is -2.67. The van der Waals surface area contributed by atoms with Gasteiger partial charge in [0, 0.05) is 41.1 Å². The molecule has 4 aromatic rings. The molecular formula is C25H28N6O4S2. The third-order valence-electron chi connectivity index (χ3n) is 8.09. The van der Waals surface area contributed by atoms with E-state index in [2.05, 4.69) is 25.5 Å². The maximum atomic E-state index is 13.3. The Morgan fingerprint density at radius 1 is 1.35 bits per heavy atom. The molecule has 37 heavy (non-hydrogen) atoms. The lowest BCUT2D eigenvalue weighted by molar-refractivity contribution is -0.141. The molecule has 2 fully saturated rings. The van der Waals surface area contributed by atoms with Gasteiger partial charge in [0.1, 0.15) is 22.7 Å². The van der Waals surface area contributed by atoms with Gasteiger partial charge in [-0.25, -0.2) is 9.97 Å². The van der Waals surface area contributed by atoms with Gasteiger partial charge in [0.05, 0.1) is 34.1 Å². The number of benzene rings is 1. The molecule has 4 N–H and O–H groups in total. The number of carbonyl (C=O) groups is 1. The molecule has 1 unspecified atom stereocenters. The molecule has 3 aliphatic rings. The minimum Gasteiger partial charge on any atom is -0.492 e. The van der Waals surface area contributed by atoms with Crippen LogP contribution in [0.25, 0.3) is 21.1 Å². The molecule has 12 heteroatoms. The Balaban J connectivity index is 1.15. The largest absolute Gasteiger partial charge is 0.492 e. The number of aryl methyl sites for hydroxylation is 1. The van der Waals surface area contributed by atoms with Gasteiger partial charge >= 0.3 is 0 Å². The molecule has 2 aliphatic heterocycles. The van der Waals surface area contributed by atoms with E-state index in [4.69, 9.17) is 4.74 Å². The fraction of sp³-hybridized carbons (Fsp3) is 0.440. The molecule has 2 saturated heterocycles. The van der Waals surface area contributed by atoms with Crippen LogP contribution in [0.3, 0.4) is 0 Å². The molecule has 0 saturated carbocycles. The first-order valence-corrected chi connectivity index (χ1v) is 15.1. The van der Waals surface area contributed by atoms with Crippen molar-refractivity contribution in [2.75, 3.05) is 30.8 Å². The van der Waals surface area contributed by atoms with Gasteiger partial charge in [-0.15, -0.1) is 11.3 Å². The highest BCUT2D eigenvalue weighted by molar-refractivity contribution is 8.26. The van der Waals surface area contributed by atoms with Crippen molar-refractivity contribution in [3.63, 3.8) is 0 Å². The Morgan fingerprint density at radius 2 is 2.22 bits per heavy atom. The number of fused-ring (bicyclic) bond motifs is 4. The Hall–Kier alpha value is -2.93. The summed E-state index contributed by atoms with van der Waals surface area (Å²) >= 11 is 1.63. The van der Waals surface area contributed by atoms with E-state index in [1.165, 1.54) is 10.4 Å². The van der Waals surface area contributed by atoms with Crippen molar-refractivity contribution < 1.29 is 18.6 Å². The summed E-state index contributed by atoms with van der Waals surface area (Å²) in [6.07, 6.45) is 6.37. The van der Waals surface area contributed by atoms with Crippen LogP contribution in [0.1, 0.15) is 30.2 Å². The number of rotatable bonds is 5. The number of aromatic nitrogens is 4. The second-order valence-electron chi connectivity index (χ2n) is 10.2. The van der Waals surface area contributed by atoms with Crippen molar-refractivity contribution in [1.82, 2.24) is 25.1 Å². The van der Waals surface area contributed by atoms with Crippen molar-refractivity contribution in [1.29, 1.82) is 0 Å². The van der Waals surface area contributed by atoms with Crippen LogP contribution in [0.2, 0.25) is 0 Å². The zero-order chi connectivity index (χ0) is 25.4. The molecule has 3 aromatic heterocycles. The number of thiophene rings is 1. The summed E-state index contributed by atoms with van der Waals surface area (Å²) in [4.78, 5) is 26.3. The molecule has 10 nitrogen and oxygen atoms in total. The Kier molecular flexibility index (Phi) is 5.20. The minimum atomic E-state index is -2.52. The zero-order valence-corrected chi connectivity index (χ0v) is 22.0. The molecule has 0 radical (unpaired) electrons. The summed E-state index contributed by atoms with van der Waals surface area (Å²) in [5.74, 6) is 1.97. The second-order valence-corrected chi connectivity index (χ2v) is 13.9. The molecule has 7 rings (SSSR count). The molecule has 194 valence electrons. The van der Waals surface area contributed by atoms with Gasteiger partial charge < -0.3 is 15.0 Å². The third kappa shape index (κ3) is 3.53. The predicted molar refractivity (Wildman–Crippen MR) is 145 cm³/mol. The van der Waals surface area contributed by atoms with Crippen LogP contribution >= 0.6 is 21.9 Å². The van der Waals surface area contributed by atoms with Crippen LogP contribution in [-0.4, -0.2) is 70.3 Å². The minimum absolute atomic E-state index is 0.0859. The first-order valence-electron chi connectivity index (χ1n) is 12.5. The standard InChI is InChI=1S/C25H28N6O4S2/c1-2-35-19-9-17-15(10-28-30-17)7-18(19)29-22-21-16-4-3-14(8-20(16)36-23(21)27-13-26-22)24(32)31-11-25(12-31)5-6-37(25,33)34/h7,9-10,13-14,33-34H,2-6,8,11-12H2,1H3,(H,28,30)(H,26,27,29). The number of hydrogen-bond acceptors (Lipinski definition) is 9. The van der Waals surface area contributed by atoms with Crippen molar-refractivity contribution >= 4 is 60.5 Å². The van der Waals surface area contributed by atoms with Crippen LogP contribution in [0, 0.1) is 5.92 Å². The number of likely N-dealkylation sites (tertiary alicyclic amines) is 1. The van der Waals surface area contributed by atoms with Gasteiger partial charge in [0.25, 0.3) is 0 Å². The summed E-state index contributed by atoms with van der Waals surface area (Å²) < 4.78 is 25.8. The van der Waals surface area contributed by atoms with Gasteiger partial charge in [-0.3, -0.25) is 19.0 Å². The number of nitrogens with one attached hydrogen (secondary N) is 2. The van der Waals surface area contributed by atoms with E-state index >= 15 is 0 Å². The molecule has 1 aliphatic carbocycles. The summed E-state index contributed by atoms with van der Waals surface area (Å²) in [5, 5.41) is 12.6. The predicted octanol–water partition coefficient (Wildman–Crippen LogP) is 4.55. The van der Waals surface area contributed by atoms with E-state index in [1.54, 1.807) is 23.9 Å². The highest BCUT2D eigenvalue weighted by Crippen LogP contribution is 2.67. The van der Waals surface area contributed by atoms with Gasteiger partial charge in [-0.05, 0) is 44.2 Å². The van der Waals surface area contributed by atoms with E-state index in [0.717, 1.165) is 57.6 Å². The van der Waals surface area contributed by atoms with Crippen molar-refractivity contribution in [2.45, 2.75) is 37.4 Å². The quantitative estimate of drug-likeness (QED) is 0.289. The second kappa shape index (κ2) is 8.29. The van der Waals surface area contributed by atoms with Crippen LogP contribution in [0.15, 0.2) is 24.7 Å². The molecule has 1 atom stereocenters. The van der Waals surface area contributed by atoms with Crippen LogP contribution in [-0.2, 0) is 17.6 Å². The average Bonchev–Trinajstić information content (AvgIpc) is 3.46. The smallest absolute Gasteiger partial charge is 0.226 e. The van der Waals surface area contributed by atoms with E-state index < -0.39 is 15.3 Å². The van der Waals surface area contributed by atoms with Gasteiger partial charge in [0.2, 0.25) is 5.91 Å². The summed E-state index contributed by atoms with van der Waals surface area (Å²) in [6.45, 7) is 3.45. The van der Waals surface area contributed by atoms with Crippen molar-refractivity contribution in [2.24, 2.45) is 5.92 Å². The number of anilines is 2.